The summed E-state index contributed by atoms with van der Waals surface area (Å²) in [5, 5.41) is 4.45. The minimum absolute atomic E-state index is 0.228. The molecule has 0 saturated heterocycles. The molecule has 0 radical (unpaired) electrons. The molecule has 2 aromatic carbocycles. The van der Waals surface area contributed by atoms with E-state index < -0.39 is 5.97 Å². The predicted molar refractivity (Wildman–Crippen MR) is 87.9 cm³/mol. The molecule has 0 saturated carbocycles. The number of nitrogens with one attached hydrogen (secondary N) is 1. The molecule has 5 heteroatoms. The van der Waals surface area contributed by atoms with Crippen molar-refractivity contribution in [3.63, 3.8) is 0 Å². The summed E-state index contributed by atoms with van der Waals surface area (Å²) in [6.45, 7) is 0. The first-order chi connectivity index (χ1) is 10.7. The molecule has 0 bridgehead atoms. The molecule has 4 nitrogen and oxygen atoms in total. The molecule has 0 fully saturated rings. The molecule has 2 rings (SSSR count). The third kappa shape index (κ3) is 4.79. The van der Waals surface area contributed by atoms with E-state index in [0.29, 0.717) is 11.3 Å². The summed E-state index contributed by atoms with van der Waals surface area (Å²) in [7, 11) is 1.33. The van der Waals surface area contributed by atoms with E-state index in [-0.39, 0.29) is 5.91 Å². The monoisotopic (exact) mass is 313 g/mol. The molecular formula is C17H15NO3S. The van der Waals surface area contributed by atoms with Crippen molar-refractivity contribution in [3.8, 4) is 0 Å². The molecule has 0 aromatic heterocycles. The van der Waals surface area contributed by atoms with Crippen LogP contribution in [0.1, 0.15) is 10.4 Å². The van der Waals surface area contributed by atoms with Crippen molar-refractivity contribution in [2.75, 3.05) is 12.4 Å². The van der Waals surface area contributed by atoms with Gasteiger partial charge in [-0.3, -0.25) is 4.79 Å². The van der Waals surface area contributed by atoms with Gasteiger partial charge in [0.05, 0.1) is 12.7 Å². The number of ether oxygens (including phenoxy) is 1. The van der Waals surface area contributed by atoms with Crippen LogP contribution in [-0.2, 0) is 9.53 Å². The maximum absolute atomic E-state index is 11.8. The van der Waals surface area contributed by atoms with Crippen LogP contribution in [0.2, 0.25) is 0 Å². The largest absolute Gasteiger partial charge is 0.465 e. The number of esters is 1. The van der Waals surface area contributed by atoms with E-state index in [1.807, 2.05) is 30.3 Å². The van der Waals surface area contributed by atoms with E-state index >= 15 is 0 Å². The average molecular weight is 313 g/mol. The SMILES string of the molecule is COC(=O)c1ccc(NC(=O)/C=C/Sc2ccccc2)cc1. The van der Waals surface area contributed by atoms with E-state index in [1.54, 1.807) is 29.7 Å². The Hall–Kier alpha value is -2.53. The van der Waals surface area contributed by atoms with Crippen LogP contribution in [0.5, 0.6) is 0 Å². The Balaban J connectivity index is 1.87. The molecule has 0 heterocycles. The van der Waals surface area contributed by atoms with Crippen molar-refractivity contribution < 1.29 is 14.3 Å². The normalized spacial score (nSPS) is 10.4. The van der Waals surface area contributed by atoms with E-state index in [1.165, 1.54) is 24.9 Å². The third-order valence-electron chi connectivity index (χ3n) is 2.74. The summed E-state index contributed by atoms with van der Waals surface area (Å²) in [5.41, 5.74) is 1.06. The van der Waals surface area contributed by atoms with Gasteiger partial charge in [-0.1, -0.05) is 30.0 Å². The van der Waals surface area contributed by atoms with Gasteiger partial charge in [-0.2, -0.15) is 0 Å². The third-order valence-corrected chi connectivity index (χ3v) is 3.56. The van der Waals surface area contributed by atoms with Gasteiger partial charge in [0.25, 0.3) is 0 Å². The summed E-state index contributed by atoms with van der Waals surface area (Å²) in [4.78, 5) is 24.1. The van der Waals surface area contributed by atoms with Crippen molar-refractivity contribution in [2.24, 2.45) is 0 Å². The van der Waals surface area contributed by atoms with Gasteiger partial charge >= 0.3 is 5.97 Å². The first-order valence-corrected chi connectivity index (χ1v) is 7.44. The Kier molecular flexibility index (Phi) is 5.80. The second-order valence-corrected chi connectivity index (χ2v) is 5.27. The second kappa shape index (κ2) is 8.05. The summed E-state index contributed by atoms with van der Waals surface area (Å²) in [5.74, 6) is -0.633. The van der Waals surface area contributed by atoms with Crippen LogP contribution in [0.25, 0.3) is 0 Å². The lowest BCUT2D eigenvalue weighted by Crippen LogP contribution is -2.08. The van der Waals surface area contributed by atoms with E-state index in [9.17, 15) is 9.59 Å². The second-order valence-electron chi connectivity index (χ2n) is 4.29. The number of amides is 1. The lowest BCUT2D eigenvalue weighted by Gasteiger charge is -2.03. The van der Waals surface area contributed by atoms with Gasteiger partial charge in [-0.25, -0.2) is 4.79 Å². The molecule has 0 atom stereocenters. The molecule has 0 spiro atoms. The van der Waals surface area contributed by atoms with Crippen molar-refractivity contribution >= 4 is 29.3 Å². The van der Waals surface area contributed by atoms with E-state index in [0.717, 1.165) is 4.90 Å². The topological polar surface area (TPSA) is 55.4 Å². The predicted octanol–water partition coefficient (Wildman–Crippen LogP) is 3.72. The Morgan fingerprint density at radius 2 is 1.73 bits per heavy atom. The molecule has 1 amide bonds. The minimum atomic E-state index is -0.406. The molecule has 112 valence electrons. The molecule has 0 unspecified atom stereocenters. The lowest BCUT2D eigenvalue weighted by atomic mass is 10.2. The zero-order valence-corrected chi connectivity index (χ0v) is 12.8. The molecule has 0 aliphatic heterocycles. The first-order valence-electron chi connectivity index (χ1n) is 6.56. The molecule has 22 heavy (non-hydrogen) atoms. The highest BCUT2D eigenvalue weighted by Gasteiger charge is 2.04. The maximum atomic E-state index is 11.8. The molecule has 0 aliphatic carbocycles. The van der Waals surface area contributed by atoms with Crippen molar-refractivity contribution in [2.45, 2.75) is 4.90 Å². The van der Waals surface area contributed by atoms with E-state index in [4.69, 9.17) is 0 Å². The van der Waals surface area contributed by atoms with Gasteiger partial charge < -0.3 is 10.1 Å². The number of benzene rings is 2. The number of hydrogen-bond acceptors (Lipinski definition) is 4. The zero-order chi connectivity index (χ0) is 15.8. The zero-order valence-electron chi connectivity index (χ0n) is 12.0. The number of methoxy groups -OCH3 is 1. The Bertz CT molecular complexity index is 666. The van der Waals surface area contributed by atoms with Crippen LogP contribution in [0, 0.1) is 0 Å². The van der Waals surface area contributed by atoms with Gasteiger partial charge in [0, 0.05) is 16.7 Å². The van der Waals surface area contributed by atoms with Crippen molar-refractivity contribution in [1.29, 1.82) is 0 Å². The fraction of sp³-hybridized carbons (Fsp3) is 0.0588. The number of carbonyl (C=O) groups excluding carboxylic acids is 2. The highest BCUT2D eigenvalue weighted by molar-refractivity contribution is 8.02. The summed E-state index contributed by atoms with van der Waals surface area (Å²) in [6.07, 6.45) is 1.46. The van der Waals surface area contributed by atoms with Crippen LogP contribution in [-0.4, -0.2) is 19.0 Å². The van der Waals surface area contributed by atoms with Crippen molar-refractivity contribution in [3.05, 3.63) is 71.6 Å². The molecule has 0 aliphatic rings. The minimum Gasteiger partial charge on any atom is -0.465 e. The standard InChI is InChI=1S/C17H15NO3S/c1-21-17(20)13-7-9-14(10-8-13)18-16(19)11-12-22-15-5-3-2-4-6-15/h2-12H,1H3,(H,18,19)/b12-11+. The quantitative estimate of drug-likeness (QED) is 0.519. The number of thioether (sulfide) groups is 1. The van der Waals surface area contributed by atoms with Gasteiger partial charge in [0.15, 0.2) is 0 Å². The smallest absolute Gasteiger partial charge is 0.337 e. The number of anilines is 1. The Morgan fingerprint density at radius 1 is 1.05 bits per heavy atom. The van der Waals surface area contributed by atoms with Crippen LogP contribution in [0.4, 0.5) is 5.69 Å². The van der Waals surface area contributed by atoms with E-state index in [2.05, 4.69) is 10.1 Å². The van der Waals surface area contributed by atoms with Crippen LogP contribution in [0.3, 0.4) is 0 Å². The highest BCUT2D eigenvalue weighted by atomic mass is 32.2. The van der Waals surface area contributed by atoms with Crippen molar-refractivity contribution in [1.82, 2.24) is 0 Å². The Labute approximate surface area is 133 Å². The summed E-state index contributed by atoms with van der Waals surface area (Å²) in [6, 6.07) is 16.3. The lowest BCUT2D eigenvalue weighted by molar-refractivity contribution is -0.111. The summed E-state index contributed by atoms with van der Waals surface area (Å²) >= 11 is 1.47. The molecule has 1 N–H and O–H groups in total. The Morgan fingerprint density at radius 3 is 2.36 bits per heavy atom. The molecular weight excluding hydrogens is 298 g/mol. The summed E-state index contributed by atoms with van der Waals surface area (Å²) < 4.78 is 4.61. The van der Waals surface area contributed by atoms with Crippen LogP contribution >= 0.6 is 11.8 Å². The number of carbonyl (C=O) groups is 2. The first kappa shape index (κ1) is 15.9. The number of rotatable bonds is 5. The average Bonchev–Trinajstić information content (AvgIpc) is 2.56. The van der Waals surface area contributed by atoms with Gasteiger partial charge in [0.1, 0.15) is 0 Å². The van der Waals surface area contributed by atoms with Crippen LogP contribution < -0.4 is 5.32 Å². The van der Waals surface area contributed by atoms with Gasteiger partial charge in [-0.05, 0) is 41.8 Å². The highest BCUT2D eigenvalue weighted by Crippen LogP contribution is 2.18. The fourth-order valence-electron chi connectivity index (χ4n) is 1.66. The van der Waals surface area contributed by atoms with Gasteiger partial charge in [-0.15, -0.1) is 0 Å². The van der Waals surface area contributed by atoms with Gasteiger partial charge in [0.2, 0.25) is 5.91 Å². The fourth-order valence-corrected chi connectivity index (χ4v) is 2.33. The maximum Gasteiger partial charge on any atom is 0.337 e. The number of hydrogen-bond donors (Lipinski definition) is 1. The van der Waals surface area contributed by atoms with Crippen LogP contribution in [0.15, 0.2) is 71.0 Å². The molecule has 2 aromatic rings.